The van der Waals surface area contributed by atoms with Gasteiger partial charge in [0.05, 0.1) is 11.6 Å². The summed E-state index contributed by atoms with van der Waals surface area (Å²) in [4.78, 5) is 4.52. The third-order valence-corrected chi connectivity index (χ3v) is 5.84. The number of aromatic nitrogens is 1. The van der Waals surface area contributed by atoms with E-state index in [1.165, 1.54) is 30.7 Å². The van der Waals surface area contributed by atoms with Gasteiger partial charge in [0.15, 0.2) is 0 Å². The standard InChI is InChI=1S/C23H25NO2S/c1-17-16-27-23(24-17)11-5-3-2-4-8-14-25-18-12-13-22-20(15-18)19-9-6-7-10-21(19)26-22/h6-7,9-10,12-13,15-16H,2-5,8,11,14H2,1H3. The topological polar surface area (TPSA) is 35.3 Å². The molecule has 0 N–H and O–H groups in total. The minimum Gasteiger partial charge on any atom is -0.494 e. The van der Waals surface area contributed by atoms with Crippen molar-refractivity contribution in [2.24, 2.45) is 0 Å². The van der Waals surface area contributed by atoms with Crippen molar-refractivity contribution in [1.29, 1.82) is 0 Å². The SMILES string of the molecule is Cc1csc(CCCCCCCOc2ccc3oc4ccccc4c3c2)n1. The van der Waals surface area contributed by atoms with E-state index in [4.69, 9.17) is 9.15 Å². The molecule has 2 aromatic carbocycles. The molecule has 0 spiro atoms. The number of rotatable bonds is 9. The number of aryl methyl sites for hydroxylation is 2. The van der Waals surface area contributed by atoms with Gasteiger partial charge in [0.25, 0.3) is 0 Å². The first-order valence-electron chi connectivity index (χ1n) is 9.75. The van der Waals surface area contributed by atoms with Crippen molar-refractivity contribution in [3.8, 4) is 5.75 Å². The molecule has 0 bridgehead atoms. The van der Waals surface area contributed by atoms with Gasteiger partial charge in [-0.3, -0.25) is 0 Å². The Morgan fingerprint density at radius 2 is 1.74 bits per heavy atom. The minimum absolute atomic E-state index is 0.771. The largest absolute Gasteiger partial charge is 0.494 e. The summed E-state index contributed by atoms with van der Waals surface area (Å²) in [6.07, 6.45) is 7.20. The third kappa shape index (κ3) is 4.51. The van der Waals surface area contributed by atoms with E-state index >= 15 is 0 Å². The van der Waals surface area contributed by atoms with Crippen LogP contribution in [0.1, 0.15) is 42.8 Å². The van der Waals surface area contributed by atoms with Gasteiger partial charge in [-0.25, -0.2) is 4.98 Å². The molecule has 0 amide bonds. The van der Waals surface area contributed by atoms with Gasteiger partial charge in [0, 0.05) is 21.8 Å². The maximum absolute atomic E-state index is 5.96. The molecule has 0 atom stereocenters. The van der Waals surface area contributed by atoms with Crippen LogP contribution in [0, 0.1) is 6.92 Å². The van der Waals surface area contributed by atoms with Crippen molar-refractivity contribution in [2.75, 3.05) is 6.61 Å². The lowest BCUT2D eigenvalue weighted by Crippen LogP contribution is -1.97. The van der Waals surface area contributed by atoms with Crippen molar-refractivity contribution >= 4 is 33.3 Å². The molecule has 0 fully saturated rings. The molecule has 0 unspecified atom stereocenters. The van der Waals surface area contributed by atoms with E-state index in [0.717, 1.165) is 52.8 Å². The number of nitrogens with zero attached hydrogens (tertiary/aromatic N) is 1. The Hall–Kier alpha value is -2.33. The molecule has 0 aliphatic rings. The summed E-state index contributed by atoms with van der Waals surface area (Å²) in [5.41, 5.74) is 2.99. The molecule has 2 heterocycles. The van der Waals surface area contributed by atoms with Crippen LogP contribution in [-0.4, -0.2) is 11.6 Å². The van der Waals surface area contributed by atoms with Crippen LogP contribution in [0.25, 0.3) is 21.9 Å². The lowest BCUT2D eigenvalue weighted by Gasteiger charge is -2.06. The second kappa shape index (κ2) is 8.57. The Morgan fingerprint density at radius 1 is 0.926 bits per heavy atom. The molecule has 0 aliphatic carbocycles. The van der Waals surface area contributed by atoms with Gasteiger partial charge in [-0.1, -0.05) is 37.5 Å². The molecular formula is C23H25NO2S. The summed E-state index contributed by atoms with van der Waals surface area (Å²) in [5.74, 6) is 0.924. The van der Waals surface area contributed by atoms with Crippen molar-refractivity contribution < 1.29 is 9.15 Å². The van der Waals surface area contributed by atoms with E-state index in [2.05, 4.69) is 29.4 Å². The summed E-state index contributed by atoms with van der Waals surface area (Å²) in [7, 11) is 0. The maximum Gasteiger partial charge on any atom is 0.135 e. The fraction of sp³-hybridized carbons (Fsp3) is 0.348. The van der Waals surface area contributed by atoms with Crippen LogP contribution in [0.2, 0.25) is 0 Å². The van der Waals surface area contributed by atoms with Crippen molar-refractivity contribution in [3.63, 3.8) is 0 Å². The van der Waals surface area contributed by atoms with Crippen LogP contribution >= 0.6 is 11.3 Å². The highest BCUT2D eigenvalue weighted by Crippen LogP contribution is 2.31. The van der Waals surface area contributed by atoms with Gasteiger partial charge in [0.1, 0.15) is 16.9 Å². The molecule has 0 saturated heterocycles. The number of para-hydroxylation sites is 1. The highest BCUT2D eigenvalue weighted by molar-refractivity contribution is 7.09. The molecule has 4 aromatic rings. The average Bonchev–Trinajstić information content (AvgIpc) is 3.27. The zero-order valence-corrected chi connectivity index (χ0v) is 16.6. The monoisotopic (exact) mass is 379 g/mol. The fourth-order valence-corrected chi connectivity index (χ4v) is 4.23. The molecule has 0 saturated carbocycles. The molecule has 4 heteroatoms. The van der Waals surface area contributed by atoms with E-state index in [-0.39, 0.29) is 0 Å². The van der Waals surface area contributed by atoms with E-state index < -0.39 is 0 Å². The smallest absolute Gasteiger partial charge is 0.135 e. The number of ether oxygens (including phenoxy) is 1. The first-order valence-corrected chi connectivity index (χ1v) is 10.6. The zero-order valence-electron chi connectivity index (χ0n) is 15.7. The minimum atomic E-state index is 0.771. The van der Waals surface area contributed by atoms with Gasteiger partial charge >= 0.3 is 0 Å². The number of benzene rings is 2. The van der Waals surface area contributed by atoms with Crippen LogP contribution in [0.15, 0.2) is 52.3 Å². The van der Waals surface area contributed by atoms with Crippen molar-refractivity contribution in [2.45, 2.75) is 45.4 Å². The molecule has 140 valence electrons. The predicted molar refractivity (Wildman–Crippen MR) is 113 cm³/mol. The van der Waals surface area contributed by atoms with E-state index in [9.17, 15) is 0 Å². The van der Waals surface area contributed by atoms with Gasteiger partial charge < -0.3 is 9.15 Å². The van der Waals surface area contributed by atoms with Gasteiger partial charge in [-0.2, -0.15) is 0 Å². The zero-order chi connectivity index (χ0) is 18.5. The van der Waals surface area contributed by atoms with Gasteiger partial charge in [0.2, 0.25) is 0 Å². The fourth-order valence-electron chi connectivity index (χ4n) is 3.41. The second-order valence-corrected chi connectivity index (χ2v) is 7.95. The number of hydrogen-bond acceptors (Lipinski definition) is 4. The summed E-state index contributed by atoms with van der Waals surface area (Å²) in [5, 5.41) is 5.68. The number of thiazole rings is 1. The van der Waals surface area contributed by atoms with Crippen LogP contribution < -0.4 is 4.74 Å². The highest BCUT2D eigenvalue weighted by atomic mass is 32.1. The molecule has 3 nitrogen and oxygen atoms in total. The van der Waals surface area contributed by atoms with Crippen LogP contribution in [0.3, 0.4) is 0 Å². The maximum atomic E-state index is 5.96. The Morgan fingerprint density at radius 3 is 2.63 bits per heavy atom. The number of fused-ring (bicyclic) bond motifs is 3. The Bertz CT molecular complexity index is 1020. The van der Waals surface area contributed by atoms with Crippen LogP contribution in [-0.2, 0) is 6.42 Å². The van der Waals surface area contributed by atoms with Crippen LogP contribution in [0.5, 0.6) is 5.75 Å². The average molecular weight is 380 g/mol. The lowest BCUT2D eigenvalue weighted by atomic mass is 10.1. The second-order valence-electron chi connectivity index (χ2n) is 7.01. The van der Waals surface area contributed by atoms with Crippen molar-refractivity contribution in [1.82, 2.24) is 4.98 Å². The molecule has 2 aromatic heterocycles. The summed E-state index contributed by atoms with van der Waals surface area (Å²) in [6, 6.07) is 14.2. The summed E-state index contributed by atoms with van der Waals surface area (Å²) in [6.45, 7) is 2.83. The molecule has 0 radical (unpaired) electrons. The summed E-state index contributed by atoms with van der Waals surface area (Å²) >= 11 is 1.78. The van der Waals surface area contributed by atoms with E-state index in [1.54, 1.807) is 11.3 Å². The van der Waals surface area contributed by atoms with Gasteiger partial charge in [-0.05, 0) is 50.5 Å². The Labute approximate surface area is 164 Å². The first-order chi connectivity index (χ1) is 13.3. The Kier molecular flexibility index (Phi) is 5.73. The van der Waals surface area contributed by atoms with Gasteiger partial charge in [-0.15, -0.1) is 11.3 Å². The number of unbranched alkanes of at least 4 members (excludes halogenated alkanes) is 4. The first kappa shape index (κ1) is 18.1. The molecule has 27 heavy (non-hydrogen) atoms. The lowest BCUT2D eigenvalue weighted by molar-refractivity contribution is 0.305. The Balaban J connectivity index is 1.18. The number of furan rings is 1. The van der Waals surface area contributed by atoms with Crippen molar-refractivity contribution in [3.05, 3.63) is 58.5 Å². The van der Waals surface area contributed by atoms with E-state index in [0.29, 0.717) is 0 Å². The molecular weight excluding hydrogens is 354 g/mol. The molecule has 0 aliphatic heterocycles. The highest BCUT2D eigenvalue weighted by Gasteiger charge is 2.07. The quantitative estimate of drug-likeness (QED) is 0.296. The predicted octanol–water partition coefficient (Wildman–Crippen LogP) is 6.92. The summed E-state index contributed by atoms with van der Waals surface area (Å²) < 4.78 is 11.8. The van der Waals surface area contributed by atoms with Crippen LogP contribution in [0.4, 0.5) is 0 Å². The third-order valence-electron chi connectivity index (χ3n) is 4.82. The number of hydrogen-bond donors (Lipinski definition) is 0. The van der Waals surface area contributed by atoms with E-state index in [1.807, 2.05) is 30.3 Å². The normalized spacial score (nSPS) is 11.4. The molecule has 4 rings (SSSR count).